The molecule has 0 unspecified atom stereocenters. The molecule has 1 nitrogen and oxygen atoms in total. The summed E-state index contributed by atoms with van der Waals surface area (Å²) in [7, 11) is 0. The van der Waals surface area contributed by atoms with Gasteiger partial charge in [0.05, 0.1) is 0 Å². The molecule has 0 aliphatic heterocycles. The third-order valence-electron chi connectivity index (χ3n) is 4.96. The van der Waals surface area contributed by atoms with Crippen molar-refractivity contribution in [3.05, 3.63) is 27.8 Å². The molecular formula is C17H26IN. The van der Waals surface area contributed by atoms with E-state index < -0.39 is 0 Å². The number of benzene rings is 1. The van der Waals surface area contributed by atoms with Gasteiger partial charge in [-0.2, -0.15) is 0 Å². The molecule has 0 bridgehead atoms. The Hall–Kier alpha value is -0.250. The maximum atomic E-state index is 3.69. The summed E-state index contributed by atoms with van der Waals surface area (Å²) in [6, 6.07) is 9.42. The monoisotopic (exact) mass is 371 g/mol. The molecule has 1 saturated carbocycles. The number of nitrogens with one attached hydrogen (secondary N) is 1. The van der Waals surface area contributed by atoms with E-state index in [4.69, 9.17) is 0 Å². The predicted octanol–water partition coefficient (Wildman–Crippen LogP) is 5.70. The molecule has 1 aliphatic rings. The molecule has 19 heavy (non-hydrogen) atoms. The maximum absolute atomic E-state index is 3.69. The standard InChI is InChI=1S/C17H26IN/c1-4-17(2,3)13-5-9-15(10-6-13)19-16-11-7-14(18)8-12-16/h7-8,11-13,15,19H,4-6,9-10H2,1-3H3. The number of halogens is 1. The minimum absolute atomic E-state index is 0.522. The highest BCUT2D eigenvalue weighted by Gasteiger charge is 2.31. The molecule has 0 radical (unpaired) electrons. The van der Waals surface area contributed by atoms with E-state index in [1.165, 1.54) is 41.4 Å². The number of anilines is 1. The second-order valence-electron chi connectivity index (χ2n) is 6.54. The smallest absolute Gasteiger partial charge is 0.0343 e. The van der Waals surface area contributed by atoms with Crippen molar-refractivity contribution in [2.45, 2.75) is 58.9 Å². The van der Waals surface area contributed by atoms with Gasteiger partial charge < -0.3 is 5.32 Å². The molecule has 1 aromatic rings. The molecule has 1 fully saturated rings. The van der Waals surface area contributed by atoms with E-state index in [-0.39, 0.29) is 0 Å². The Kier molecular flexibility index (Phi) is 5.15. The SMILES string of the molecule is CCC(C)(C)C1CCC(Nc2ccc(I)cc2)CC1. The second-order valence-corrected chi connectivity index (χ2v) is 7.79. The van der Waals surface area contributed by atoms with Gasteiger partial charge in [0.15, 0.2) is 0 Å². The van der Waals surface area contributed by atoms with E-state index in [1.54, 1.807) is 0 Å². The lowest BCUT2D eigenvalue weighted by Gasteiger charge is -2.39. The molecular weight excluding hydrogens is 345 g/mol. The van der Waals surface area contributed by atoms with Gasteiger partial charge in [0.25, 0.3) is 0 Å². The first-order valence-electron chi connectivity index (χ1n) is 7.53. The van der Waals surface area contributed by atoms with Gasteiger partial charge in [0.2, 0.25) is 0 Å². The van der Waals surface area contributed by atoms with Crippen LogP contribution in [-0.2, 0) is 0 Å². The van der Waals surface area contributed by atoms with Crippen molar-refractivity contribution in [3.8, 4) is 0 Å². The van der Waals surface area contributed by atoms with E-state index in [9.17, 15) is 0 Å². The van der Waals surface area contributed by atoms with Crippen molar-refractivity contribution >= 4 is 28.3 Å². The van der Waals surface area contributed by atoms with Crippen molar-refractivity contribution in [2.24, 2.45) is 11.3 Å². The van der Waals surface area contributed by atoms with Gasteiger partial charge in [0, 0.05) is 15.3 Å². The molecule has 0 heterocycles. The van der Waals surface area contributed by atoms with Crippen LogP contribution in [0.25, 0.3) is 0 Å². The van der Waals surface area contributed by atoms with Crippen LogP contribution in [-0.4, -0.2) is 6.04 Å². The van der Waals surface area contributed by atoms with Crippen molar-refractivity contribution < 1.29 is 0 Å². The summed E-state index contributed by atoms with van der Waals surface area (Å²) in [5, 5.41) is 3.69. The summed E-state index contributed by atoms with van der Waals surface area (Å²) < 4.78 is 1.30. The Morgan fingerprint density at radius 3 is 2.21 bits per heavy atom. The molecule has 0 spiro atoms. The van der Waals surface area contributed by atoms with Crippen molar-refractivity contribution in [2.75, 3.05) is 5.32 Å². The first-order valence-corrected chi connectivity index (χ1v) is 8.61. The Morgan fingerprint density at radius 1 is 1.11 bits per heavy atom. The highest BCUT2D eigenvalue weighted by atomic mass is 127. The normalized spacial score (nSPS) is 24.2. The maximum Gasteiger partial charge on any atom is 0.0343 e. The van der Waals surface area contributed by atoms with Crippen LogP contribution in [0.2, 0.25) is 0 Å². The average Bonchev–Trinajstić information content (AvgIpc) is 2.42. The van der Waals surface area contributed by atoms with Gasteiger partial charge in [-0.05, 0) is 83.9 Å². The number of rotatable bonds is 4. The first-order chi connectivity index (χ1) is 9.01. The first kappa shape index (κ1) is 15.1. The highest BCUT2D eigenvalue weighted by molar-refractivity contribution is 14.1. The lowest BCUT2D eigenvalue weighted by atomic mass is 9.69. The molecule has 0 saturated heterocycles. The predicted molar refractivity (Wildman–Crippen MR) is 92.6 cm³/mol. The Bertz CT molecular complexity index is 388. The summed E-state index contributed by atoms with van der Waals surface area (Å²) in [6.07, 6.45) is 6.69. The van der Waals surface area contributed by atoms with Gasteiger partial charge in [-0.1, -0.05) is 27.2 Å². The molecule has 0 amide bonds. The van der Waals surface area contributed by atoms with E-state index in [1.807, 2.05) is 0 Å². The number of hydrogen-bond donors (Lipinski definition) is 1. The van der Waals surface area contributed by atoms with Crippen LogP contribution in [0.3, 0.4) is 0 Å². The lowest BCUT2D eigenvalue weighted by Crippen LogP contribution is -2.32. The fourth-order valence-corrected chi connectivity index (χ4v) is 3.45. The zero-order valence-corrected chi connectivity index (χ0v) is 14.5. The van der Waals surface area contributed by atoms with Gasteiger partial charge in [-0.25, -0.2) is 0 Å². The molecule has 2 rings (SSSR count). The van der Waals surface area contributed by atoms with Crippen LogP contribution in [0.1, 0.15) is 52.9 Å². The summed E-state index contributed by atoms with van der Waals surface area (Å²) in [6.45, 7) is 7.20. The Labute approximate surface area is 131 Å². The molecule has 1 aromatic carbocycles. The topological polar surface area (TPSA) is 12.0 Å². The quantitative estimate of drug-likeness (QED) is 0.670. The Balaban J connectivity index is 1.85. The third kappa shape index (κ3) is 4.11. The molecule has 1 aliphatic carbocycles. The fourth-order valence-electron chi connectivity index (χ4n) is 3.09. The van der Waals surface area contributed by atoms with Gasteiger partial charge in [-0.15, -0.1) is 0 Å². The fraction of sp³-hybridized carbons (Fsp3) is 0.647. The molecule has 106 valence electrons. The van der Waals surface area contributed by atoms with Crippen molar-refractivity contribution in [1.82, 2.24) is 0 Å². The largest absolute Gasteiger partial charge is 0.382 e. The van der Waals surface area contributed by atoms with Crippen LogP contribution in [0.5, 0.6) is 0 Å². The lowest BCUT2D eigenvalue weighted by molar-refractivity contribution is 0.147. The van der Waals surface area contributed by atoms with Gasteiger partial charge >= 0.3 is 0 Å². The minimum atomic E-state index is 0.522. The summed E-state index contributed by atoms with van der Waals surface area (Å²) >= 11 is 2.36. The van der Waals surface area contributed by atoms with E-state index in [0.717, 1.165) is 5.92 Å². The highest BCUT2D eigenvalue weighted by Crippen LogP contribution is 2.40. The van der Waals surface area contributed by atoms with Gasteiger partial charge in [-0.3, -0.25) is 0 Å². The Morgan fingerprint density at radius 2 is 1.68 bits per heavy atom. The minimum Gasteiger partial charge on any atom is -0.382 e. The van der Waals surface area contributed by atoms with Crippen LogP contribution in [0, 0.1) is 14.9 Å². The number of hydrogen-bond acceptors (Lipinski definition) is 1. The molecule has 0 atom stereocenters. The van der Waals surface area contributed by atoms with Crippen LogP contribution in [0.15, 0.2) is 24.3 Å². The van der Waals surface area contributed by atoms with E-state index in [2.05, 4.69) is 72.9 Å². The second kappa shape index (κ2) is 6.47. The van der Waals surface area contributed by atoms with Crippen LogP contribution < -0.4 is 5.32 Å². The zero-order chi connectivity index (χ0) is 13.9. The molecule has 1 N–H and O–H groups in total. The van der Waals surface area contributed by atoms with Crippen molar-refractivity contribution in [3.63, 3.8) is 0 Å². The summed E-state index contributed by atoms with van der Waals surface area (Å²) in [5.41, 5.74) is 1.80. The third-order valence-corrected chi connectivity index (χ3v) is 5.68. The molecule has 0 aromatic heterocycles. The van der Waals surface area contributed by atoms with Crippen LogP contribution in [0.4, 0.5) is 5.69 Å². The van der Waals surface area contributed by atoms with E-state index in [0.29, 0.717) is 11.5 Å². The van der Waals surface area contributed by atoms with Crippen molar-refractivity contribution in [1.29, 1.82) is 0 Å². The molecule has 2 heteroatoms. The van der Waals surface area contributed by atoms with E-state index >= 15 is 0 Å². The summed E-state index contributed by atoms with van der Waals surface area (Å²) in [4.78, 5) is 0. The zero-order valence-electron chi connectivity index (χ0n) is 12.4. The summed E-state index contributed by atoms with van der Waals surface area (Å²) in [5.74, 6) is 0.910. The van der Waals surface area contributed by atoms with Gasteiger partial charge in [0.1, 0.15) is 0 Å². The average molecular weight is 371 g/mol. The van der Waals surface area contributed by atoms with Crippen LogP contribution >= 0.6 is 22.6 Å².